The molecule has 2 aromatic carbocycles. The molecule has 1 aliphatic heterocycles. The number of carbonyl (C=O) groups excluding carboxylic acids is 2. The van der Waals surface area contributed by atoms with Crippen LogP contribution in [0.3, 0.4) is 0 Å². The molecular formula is C20H21N3O4. The molecule has 1 atom stereocenters. The standard InChI is InChI=1S/C20H21N3O4/c1-12-4-7-17(14(3)8-12)21-20(25)15-9-19(24)22(11-15)16-6-5-13(2)18(10-16)23(26)27/h4-8,10,15H,9,11H2,1-3H3,(H,21,25)/t15-/m0/s1. The summed E-state index contributed by atoms with van der Waals surface area (Å²) in [6, 6.07) is 10.4. The number of anilines is 2. The minimum Gasteiger partial charge on any atom is -0.326 e. The molecule has 0 bridgehead atoms. The average Bonchev–Trinajstić information content (AvgIpc) is 2.99. The largest absolute Gasteiger partial charge is 0.326 e. The monoisotopic (exact) mass is 367 g/mol. The number of nitrogens with one attached hydrogen (secondary N) is 1. The molecule has 1 saturated heterocycles. The third-order valence-electron chi connectivity index (χ3n) is 4.84. The van der Waals surface area contributed by atoms with Gasteiger partial charge in [-0.25, -0.2) is 0 Å². The lowest BCUT2D eigenvalue weighted by Crippen LogP contribution is -2.28. The molecule has 1 fully saturated rings. The zero-order valence-electron chi connectivity index (χ0n) is 15.5. The minimum atomic E-state index is -0.501. The molecule has 2 amide bonds. The van der Waals surface area contributed by atoms with E-state index in [1.807, 2.05) is 32.0 Å². The van der Waals surface area contributed by atoms with Crippen LogP contribution in [0.4, 0.5) is 17.1 Å². The summed E-state index contributed by atoms with van der Waals surface area (Å²) in [6.07, 6.45) is 0.0818. The SMILES string of the molecule is Cc1ccc(NC(=O)[C@H]2CC(=O)N(c3ccc(C)c([N+](=O)[O-])c3)C2)c(C)c1. The number of nitrogens with zero attached hydrogens (tertiary/aromatic N) is 2. The van der Waals surface area contributed by atoms with Gasteiger partial charge in [-0.15, -0.1) is 0 Å². The number of carbonyl (C=O) groups is 2. The van der Waals surface area contributed by atoms with Gasteiger partial charge in [-0.2, -0.15) is 0 Å². The van der Waals surface area contributed by atoms with Gasteiger partial charge in [0, 0.05) is 30.3 Å². The second-order valence-electron chi connectivity index (χ2n) is 6.94. The highest BCUT2D eigenvalue weighted by molar-refractivity contribution is 6.03. The van der Waals surface area contributed by atoms with Gasteiger partial charge in [0.2, 0.25) is 11.8 Å². The van der Waals surface area contributed by atoms with Crippen LogP contribution in [0.1, 0.15) is 23.1 Å². The molecule has 0 saturated carbocycles. The Morgan fingerprint density at radius 1 is 1.15 bits per heavy atom. The number of nitro benzene ring substituents is 1. The van der Waals surface area contributed by atoms with Crippen LogP contribution in [-0.2, 0) is 9.59 Å². The molecule has 0 spiro atoms. The molecule has 7 heteroatoms. The lowest BCUT2D eigenvalue weighted by molar-refractivity contribution is -0.385. The van der Waals surface area contributed by atoms with Crippen LogP contribution in [0, 0.1) is 36.8 Å². The second-order valence-corrected chi connectivity index (χ2v) is 6.94. The molecule has 7 nitrogen and oxygen atoms in total. The number of hydrogen-bond acceptors (Lipinski definition) is 4. The molecule has 0 aliphatic carbocycles. The van der Waals surface area contributed by atoms with Crippen molar-refractivity contribution in [3.63, 3.8) is 0 Å². The first-order valence-corrected chi connectivity index (χ1v) is 8.70. The fourth-order valence-corrected chi connectivity index (χ4v) is 3.28. The Morgan fingerprint density at radius 2 is 1.89 bits per heavy atom. The van der Waals surface area contributed by atoms with Gasteiger partial charge in [0.15, 0.2) is 0 Å². The normalized spacial score (nSPS) is 16.5. The quantitative estimate of drug-likeness (QED) is 0.661. The highest BCUT2D eigenvalue weighted by Gasteiger charge is 2.35. The van der Waals surface area contributed by atoms with Crippen LogP contribution in [0.5, 0.6) is 0 Å². The lowest BCUT2D eigenvalue weighted by Gasteiger charge is -2.17. The summed E-state index contributed by atoms with van der Waals surface area (Å²) in [5, 5.41) is 14.0. The van der Waals surface area contributed by atoms with Gasteiger partial charge in [-0.1, -0.05) is 23.8 Å². The van der Waals surface area contributed by atoms with Crippen molar-refractivity contribution in [2.75, 3.05) is 16.8 Å². The summed E-state index contributed by atoms with van der Waals surface area (Å²) in [4.78, 5) is 37.1. The predicted molar refractivity (Wildman–Crippen MR) is 103 cm³/mol. The Bertz CT molecular complexity index is 939. The van der Waals surface area contributed by atoms with Gasteiger partial charge in [0.05, 0.1) is 16.5 Å². The maximum absolute atomic E-state index is 12.6. The van der Waals surface area contributed by atoms with Crippen molar-refractivity contribution in [2.45, 2.75) is 27.2 Å². The van der Waals surface area contributed by atoms with Crippen LogP contribution in [0.2, 0.25) is 0 Å². The number of aryl methyl sites for hydroxylation is 3. The van der Waals surface area contributed by atoms with Crippen LogP contribution in [0.25, 0.3) is 0 Å². The van der Waals surface area contributed by atoms with E-state index in [-0.39, 0.29) is 30.5 Å². The van der Waals surface area contributed by atoms with Gasteiger partial charge in [0.25, 0.3) is 5.69 Å². The topological polar surface area (TPSA) is 92.6 Å². The van der Waals surface area contributed by atoms with Crippen LogP contribution >= 0.6 is 0 Å². The van der Waals surface area contributed by atoms with E-state index in [0.29, 0.717) is 11.3 Å². The first-order chi connectivity index (χ1) is 12.8. The van der Waals surface area contributed by atoms with E-state index in [2.05, 4.69) is 5.32 Å². The summed E-state index contributed by atoms with van der Waals surface area (Å²) in [5.74, 6) is -0.938. The Labute approximate surface area is 157 Å². The number of hydrogen-bond donors (Lipinski definition) is 1. The summed E-state index contributed by atoms with van der Waals surface area (Å²) < 4.78 is 0. The molecule has 1 aliphatic rings. The third-order valence-corrected chi connectivity index (χ3v) is 4.84. The zero-order valence-corrected chi connectivity index (χ0v) is 15.5. The molecular weight excluding hydrogens is 346 g/mol. The van der Waals surface area contributed by atoms with Crippen LogP contribution < -0.4 is 10.2 Å². The minimum absolute atomic E-state index is 0.0384. The van der Waals surface area contributed by atoms with Gasteiger partial charge >= 0.3 is 0 Å². The van der Waals surface area contributed by atoms with E-state index in [4.69, 9.17) is 0 Å². The van der Waals surface area contributed by atoms with Crippen LogP contribution in [-0.4, -0.2) is 23.3 Å². The fourth-order valence-electron chi connectivity index (χ4n) is 3.28. The first kappa shape index (κ1) is 18.6. The highest BCUT2D eigenvalue weighted by Crippen LogP contribution is 2.30. The molecule has 0 radical (unpaired) electrons. The number of benzene rings is 2. The van der Waals surface area contributed by atoms with Gasteiger partial charge in [0.1, 0.15) is 0 Å². The molecule has 2 aromatic rings. The molecule has 1 N–H and O–H groups in total. The maximum atomic E-state index is 12.6. The Balaban J connectivity index is 1.76. The molecule has 140 valence electrons. The van der Waals surface area contributed by atoms with Crippen LogP contribution in [0.15, 0.2) is 36.4 Å². The van der Waals surface area contributed by atoms with E-state index in [1.54, 1.807) is 19.1 Å². The van der Waals surface area contributed by atoms with Crippen molar-refractivity contribution in [2.24, 2.45) is 5.92 Å². The Hall–Kier alpha value is -3.22. The molecule has 0 unspecified atom stereocenters. The summed E-state index contributed by atoms with van der Waals surface area (Å²) in [6.45, 7) is 5.75. The molecule has 3 rings (SSSR count). The van der Waals surface area contributed by atoms with Crippen molar-refractivity contribution in [3.8, 4) is 0 Å². The average molecular weight is 367 g/mol. The molecule has 27 heavy (non-hydrogen) atoms. The van der Waals surface area contributed by atoms with Gasteiger partial charge < -0.3 is 10.2 Å². The van der Waals surface area contributed by atoms with E-state index < -0.39 is 10.8 Å². The fraction of sp³-hybridized carbons (Fsp3) is 0.300. The molecule has 0 aromatic heterocycles. The summed E-state index contributed by atoms with van der Waals surface area (Å²) in [7, 11) is 0. The van der Waals surface area contributed by atoms with Crippen molar-refractivity contribution in [1.29, 1.82) is 0 Å². The molecule has 1 heterocycles. The van der Waals surface area contributed by atoms with Gasteiger partial charge in [-0.05, 0) is 38.5 Å². The Kier molecular flexibility index (Phi) is 4.94. The van der Waals surface area contributed by atoms with Crippen molar-refractivity contribution >= 4 is 28.9 Å². The van der Waals surface area contributed by atoms with E-state index >= 15 is 0 Å². The van der Waals surface area contributed by atoms with Gasteiger partial charge in [-0.3, -0.25) is 19.7 Å². The zero-order chi connectivity index (χ0) is 19.7. The lowest BCUT2D eigenvalue weighted by atomic mass is 10.1. The Morgan fingerprint density at radius 3 is 2.56 bits per heavy atom. The maximum Gasteiger partial charge on any atom is 0.274 e. The highest BCUT2D eigenvalue weighted by atomic mass is 16.6. The smallest absolute Gasteiger partial charge is 0.274 e. The first-order valence-electron chi connectivity index (χ1n) is 8.70. The number of nitro groups is 1. The van der Waals surface area contributed by atoms with E-state index in [0.717, 1.165) is 16.8 Å². The van der Waals surface area contributed by atoms with Crippen molar-refractivity contribution in [3.05, 3.63) is 63.2 Å². The third kappa shape index (κ3) is 3.81. The summed E-state index contributed by atoms with van der Waals surface area (Å²) >= 11 is 0. The number of amides is 2. The summed E-state index contributed by atoms with van der Waals surface area (Å²) in [5.41, 5.74) is 3.72. The van der Waals surface area contributed by atoms with Crippen molar-refractivity contribution < 1.29 is 14.5 Å². The van der Waals surface area contributed by atoms with Crippen molar-refractivity contribution in [1.82, 2.24) is 0 Å². The number of rotatable bonds is 4. The van der Waals surface area contributed by atoms with E-state index in [1.165, 1.54) is 11.0 Å². The predicted octanol–water partition coefficient (Wildman–Crippen LogP) is 3.51. The van der Waals surface area contributed by atoms with E-state index in [9.17, 15) is 19.7 Å². The second kappa shape index (κ2) is 7.19.